The summed E-state index contributed by atoms with van der Waals surface area (Å²) in [4.78, 5) is 29.7. The van der Waals surface area contributed by atoms with Crippen LogP contribution in [0.25, 0.3) is 0 Å². The summed E-state index contributed by atoms with van der Waals surface area (Å²) in [5, 5.41) is -0.303. The van der Waals surface area contributed by atoms with Crippen LogP contribution in [-0.4, -0.2) is 54.6 Å². The van der Waals surface area contributed by atoms with E-state index in [1.165, 1.54) is 0 Å². The van der Waals surface area contributed by atoms with E-state index in [2.05, 4.69) is 0 Å². The molecule has 0 N–H and O–H groups in total. The third-order valence-corrected chi connectivity index (χ3v) is 5.69. The normalized spacial score (nSPS) is 15.3. The van der Waals surface area contributed by atoms with Crippen molar-refractivity contribution in [1.29, 1.82) is 0 Å². The van der Waals surface area contributed by atoms with Crippen molar-refractivity contribution in [2.24, 2.45) is 0 Å². The summed E-state index contributed by atoms with van der Waals surface area (Å²) in [6.07, 6.45) is -0.303. The summed E-state index contributed by atoms with van der Waals surface area (Å²) < 4.78 is 5.05. The van der Waals surface area contributed by atoms with Crippen molar-refractivity contribution in [3.05, 3.63) is 66.2 Å². The molecule has 5 nitrogen and oxygen atoms in total. The molecule has 2 aromatic carbocycles. The third-order valence-electron chi connectivity index (χ3n) is 4.44. The number of nitrogens with zero attached hydrogens (tertiary/aromatic N) is 2. The van der Waals surface area contributed by atoms with E-state index >= 15 is 0 Å². The summed E-state index contributed by atoms with van der Waals surface area (Å²) >= 11 is 1.56. The predicted molar refractivity (Wildman–Crippen MR) is 107 cm³/mol. The lowest BCUT2D eigenvalue weighted by Gasteiger charge is -2.35. The van der Waals surface area contributed by atoms with Crippen molar-refractivity contribution in [1.82, 2.24) is 9.80 Å². The molecule has 1 fully saturated rings. The summed E-state index contributed by atoms with van der Waals surface area (Å²) in [6, 6.07) is 19.8. The molecule has 0 aromatic heterocycles. The maximum absolute atomic E-state index is 13.3. The summed E-state index contributed by atoms with van der Waals surface area (Å²) in [5.41, 5.74) is 0.990. The largest absolute Gasteiger partial charge is 0.450 e. The molecule has 0 radical (unpaired) electrons. The average molecular weight is 385 g/mol. The minimum atomic E-state index is -0.303. The van der Waals surface area contributed by atoms with Crippen molar-refractivity contribution in [2.75, 3.05) is 32.8 Å². The van der Waals surface area contributed by atoms with Crippen molar-refractivity contribution in [2.45, 2.75) is 17.1 Å². The van der Waals surface area contributed by atoms with Gasteiger partial charge < -0.3 is 14.5 Å². The first-order valence-electron chi connectivity index (χ1n) is 9.16. The Morgan fingerprint density at radius 2 is 1.48 bits per heavy atom. The fourth-order valence-corrected chi connectivity index (χ4v) is 4.14. The molecule has 6 heteroatoms. The van der Waals surface area contributed by atoms with E-state index in [4.69, 9.17) is 4.74 Å². The highest BCUT2D eigenvalue weighted by molar-refractivity contribution is 8.00. The van der Waals surface area contributed by atoms with Crippen LogP contribution in [0.15, 0.2) is 65.6 Å². The topological polar surface area (TPSA) is 49.9 Å². The second-order valence-electron chi connectivity index (χ2n) is 6.23. The molecule has 1 saturated heterocycles. The zero-order valence-corrected chi connectivity index (χ0v) is 16.2. The van der Waals surface area contributed by atoms with Gasteiger partial charge in [-0.1, -0.05) is 48.5 Å². The van der Waals surface area contributed by atoms with Crippen LogP contribution in [-0.2, 0) is 9.53 Å². The van der Waals surface area contributed by atoms with Crippen molar-refractivity contribution >= 4 is 23.8 Å². The Bertz CT molecular complexity index is 747. The number of amides is 2. The molecule has 142 valence electrons. The molecule has 0 bridgehead atoms. The molecule has 0 unspecified atom stereocenters. The van der Waals surface area contributed by atoms with Gasteiger partial charge in [0.05, 0.1) is 6.61 Å². The molecule has 0 spiro atoms. The van der Waals surface area contributed by atoms with E-state index in [9.17, 15) is 9.59 Å². The van der Waals surface area contributed by atoms with Gasteiger partial charge in [-0.05, 0) is 24.6 Å². The number of carbonyl (C=O) groups is 2. The van der Waals surface area contributed by atoms with E-state index in [-0.39, 0.29) is 17.3 Å². The second kappa shape index (κ2) is 9.46. The molecule has 1 aliphatic heterocycles. The Balaban J connectivity index is 1.71. The fourth-order valence-electron chi connectivity index (χ4n) is 3.01. The van der Waals surface area contributed by atoms with Crippen LogP contribution in [0.3, 0.4) is 0 Å². The van der Waals surface area contributed by atoms with Crippen LogP contribution < -0.4 is 0 Å². The second-order valence-corrected chi connectivity index (χ2v) is 7.41. The van der Waals surface area contributed by atoms with Gasteiger partial charge >= 0.3 is 6.09 Å². The van der Waals surface area contributed by atoms with Crippen LogP contribution in [0.2, 0.25) is 0 Å². The standard InChI is InChI=1S/C21H24N2O3S/c1-2-26-21(25)23-15-13-22(14-16-23)20(24)19(17-9-5-3-6-10-17)27-18-11-7-4-8-12-18/h3-12,19H,2,13-16H2,1H3/t19-/m1/s1. The van der Waals surface area contributed by atoms with Gasteiger partial charge in [-0.25, -0.2) is 4.79 Å². The highest BCUT2D eigenvalue weighted by Crippen LogP contribution is 2.36. The van der Waals surface area contributed by atoms with Gasteiger partial charge in [0.25, 0.3) is 0 Å². The van der Waals surface area contributed by atoms with Gasteiger partial charge in [0.1, 0.15) is 5.25 Å². The van der Waals surface area contributed by atoms with Crippen LogP contribution in [0.1, 0.15) is 17.7 Å². The monoisotopic (exact) mass is 384 g/mol. The summed E-state index contributed by atoms with van der Waals surface area (Å²) in [7, 11) is 0. The minimum Gasteiger partial charge on any atom is -0.450 e. The van der Waals surface area contributed by atoms with Crippen LogP contribution in [0.4, 0.5) is 4.79 Å². The molecular weight excluding hydrogens is 360 g/mol. The minimum absolute atomic E-state index is 0.0820. The number of piperazine rings is 1. The molecule has 1 atom stereocenters. The van der Waals surface area contributed by atoms with Gasteiger partial charge in [-0.2, -0.15) is 0 Å². The molecule has 1 aliphatic rings. The van der Waals surface area contributed by atoms with Gasteiger partial charge in [-0.15, -0.1) is 11.8 Å². The quantitative estimate of drug-likeness (QED) is 0.736. The van der Waals surface area contributed by atoms with E-state index in [1.807, 2.05) is 65.6 Å². The highest BCUT2D eigenvalue weighted by atomic mass is 32.2. The number of rotatable bonds is 5. The molecule has 2 aromatic rings. The fraction of sp³-hybridized carbons (Fsp3) is 0.333. The summed E-state index contributed by atoms with van der Waals surface area (Å²) in [6.45, 7) is 4.21. The Kier molecular flexibility index (Phi) is 6.76. The molecule has 0 aliphatic carbocycles. The number of hydrogen-bond acceptors (Lipinski definition) is 4. The Hall–Kier alpha value is -2.47. The number of ether oxygens (including phenoxy) is 1. The highest BCUT2D eigenvalue weighted by Gasteiger charge is 2.30. The van der Waals surface area contributed by atoms with E-state index < -0.39 is 0 Å². The zero-order chi connectivity index (χ0) is 19.1. The summed E-state index contributed by atoms with van der Waals surface area (Å²) in [5.74, 6) is 0.0820. The average Bonchev–Trinajstić information content (AvgIpc) is 2.73. The third kappa shape index (κ3) is 5.04. The SMILES string of the molecule is CCOC(=O)N1CCN(C(=O)[C@H](Sc2ccccc2)c2ccccc2)CC1. The number of carbonyl (C=O) groups excluding carboxylic acids is 2. The first-order chi connectivity index (χ1) is 13.2. The lowest BCUT2D eigenvalue weighted by molar-refractivity contribution is -0.132. The van der Waals surface area contributed by atoms with Gasteiger partial charge in [-0.3, -0.25) is 4.79 Å². The Labute approximate surface area is 164 Å². The predicted octanol–water partition coefficient (Wildman–Crippen LogP) is 3.82. The molecule has 3 rings (SSSR count). The maximum Gasteiger partial charge on any atom is 0.409 e. The van der Waals surface area contributed by atoms with Gasteiger partial charge in [0, 0.05) is 31.1 Å². The van der Waals surface area contributed by atoms with Crippen LogP contribution in [0, 0.1) is 0 Å². The Morgan fingerprint density at radius 1 is 0.926 bits per heavy atom. The first-order valence-corrected chi connectivity index (χ1v) is 10.0. The number of hydrogen-bond donors (Lipinski definition) is 0. The number of benzene rings is 2. The smallest absolute Gasteiger partial charge is 0.409 e. The van der Waals surface area contributed by atoms with Gasteiger partial charge in [0.15, 0.2) is 0 Å². The number of thioether (sulfide) groups is 1. The zero-order valence-electron chi connectivity index (χ0n) is 15.4. The van der Waals surface area contributed by atoms with Crippen molar-refractivity contribution < 1.29 is 14.3 Å². The molecule has 2 amide bonds. The lowest BCUT2D eigenvalue weighted by Crippen LogP contribution is -2.51. The maximum atomic E-state index is 13.3. The first kappa shape index (κ1) is 19.3. The molecule has 27 heavy (non-hydrogen) atoms. The van der Waals surface area contributed by atoms with Crippen molar-refractivity contribution in [3.8, 4) is 0 Å². The molecule has 0 saturated carbocycles. The molecule has 1 heterocycles. The van der Waals surface area contributed by atoms with Crippen LogP contribution in [0.5, 0.6) is 0 Å². The molecular formula is C21H24N2O3S. The van der Waals surface area contributed by atoms with E-state index in [0.29, 0.717) is 32.8 Å². The lowest BCUT2D eigenvalue weighted by atomic mass is 10.1. The van der Waals surface area contributed by atoms with Gasteiger partial charge in [0.2, 0.25) is 5.91 Å². The van der Waals surface area contributed by atoms with E-state index in [0.717, 1.165) is 10.5 Å². The Morgan fingerprint density at radius 3 is 2.07 bits per heavy atom. The van der Waals surface area contributed by atoms with Crippen LogP contribution >= 0.6 is 11.8 Å². The van der Waals surface area contributed by atoms with E-state index in [1.54, 1.807) is 23.6 Å². The van der Waals surface area contributed by atoms with Crippen molar-refractivity contribution in [3.63, 3.8) is 0 Å².